The Morgan fingerprint density at radius 1 is 1.30 bits per heavy atom. The fourth-order valence-electron chi connectivity index (χ4n) is 2.67. The van der Waals surface area contributed by atoms with Crippen LogP contribution in [0.25, 0.3) is 10.7 Å². The third-order valence-electron chi connectivity index (χ3n) is 3.78. The number of nitrogens with zero attached hydrogens (tertiary/aromatic N) is 3. The molecule has 7 heteroatoms. The molecule has 2 aromatic heterocycles. The highest BCUT2D eigenvalue weighted by Gasteiger charge is 2.35. The van der Waals surface area contributed by atoms with E-state index in [-0.39, 0.29) is 24.1 Å². The van der Waals surface area contributed by atoms with Gasteiger partial charge in [-0.1, -0.05) is 17.3 Å². The quantitative estimate of drug-likeness (QED) is 0.738. The van der Waals surface area contributed by atoms with E-state index in [2.05, 4.69) is 10.1 Å². The average molecular weight is 329 g/mol. The maximum atomic E-state index is 13.4. The van der Waals surface area contributed by atoms with Gasteiger partial charge in [0.15, 0.2) is 0 Å². The van der Waals surface area contributed by atoms with Gasteiger partial charge in [-0.2, -0.15) is 4.98 Å². The Hall–Kier alpha value is -2.54. The van der Waals surface area contributed by atoms with Crippen LogP contribution in [0.3, 0.4) is 0 Å². The second kappa shape index (κ2) is 5.58. The van der Waals surface area contributed by atoms with Gasteiger partial charge >= 0.3 is 0 Å². The molecule has 1 unspecified atom stereocenters. The Bertz CT molecular complexity index is 847. The molecule has 3 heterocycles. The van der Waals surface area contributed by atoms with Gasteiger partial charge in [0.1, 0.15) is 5.82 Å². The highest BCUT2D eigenvalue weighted by molar-refractivity contribution is 7.13. The van der Waals surface area contributed by atoms with Crippen LogP contribution in [0.4, 0.5) is 10.1 Å². The minimum absolute atomic E-state index is 0.0727. The monoisotopic (exact) mass is 329 g/mol. The summed E-state index contributed by atoms with van der Waals surface area (Å²) >= 11 is 1.53. The highest BCUT2D eigenvalue weighted by Crippen LogP contribution is 2.32. The number of aromatic nitrogens is 2. The van der Waals surface area contributed by atoms with Gasteiger partial charge in [-0.3, -0.25) is 4.79 Å². The average Bonchev–Trinajstić information content (AvgIpc) is 3.27. The van der Waals surface area contributed by atoms with Crippen LogP contribution in [0.5, 0.6) is 0 Å². The number of thiophene rings is 1. The molecule has 0 radical (unpaired) electrons. The maximum absolute atomic E-state index is 13.4. The van der Waals surface area contributed by atoms with E-state index in [1.54, 1.807) is 17.0 Å². The first-order valence-corrected chi connectivity index (χ1v) is 8.02. The van der Waals surface area contributed by atoms with Crippen molar-refractivity contribution in [1.29, 1.82) is 0 Å². The molecule has 0 aliphatic carbocycles. The van der Waals surface area contributed by atoms with Gasteiger partial charge in [-0.05, 0) is 29.6 Å². The van der Waals surface area contributed by atoms with Crippen molar-refractivity contribution in [1.82, 2.24) is 10.1 Å². The van der Waals surface area contributed by atoms with E-state index in [4.69, 9.17) is 4.52 Å². The summed E-state index contributed by atoms with van der Waals surface area (Å²) < 4.78 is 18.7. The zero-order valence-corrected chi connectivity index (χ0v) is 12.8. The first-order valence-electron chi connectivity index (χ1n) is 7.14. The topological polar surface area (TPSA) is 59.2 Å². The Balaban J connectivity index is 1.57. The van der Waals surface area contributed by atoms with Gasteiger partial charge in [0, 0.05) is 18.7 Å². The molecule has 1 fully saturated rings. The molecule has 0 spiro atoms. The fraction of sp³-hybridized carbons (Fsp3) is 0.188. The van der Waals surface area contributed by atoms with Crippen molar-refractivity contribution in [2.45, 2.75) is 12.3 Å². The molecular formula is C16H12FN3O2S. The molecule has 5 nitrogen and oxygen atoms in total. The predicted molar refractivity (Wildman–Crippen MR) is 83.7 cm³/mol. The number of amides is 1. The number of anilines is 1. The lowest BCUT2D eigenvalue weighted by Crippen LogP contribution is -2.24. The number of benzene rings is 1. The summed E-state index contributed by atoms with van der Waals surface area (Å²) in [4.78, 5) is 19.1. The molecule has 1 atom stereocenters. The summed E-state index contributed by atoms with van der Waals surface area (Å²) in [6.45, 7) is 0.411. The number of halogens is 1. The smallest absolute Gasteiger partial charge is 0.232 e. The molecule has 116 valence electrons. The molecule has 1 aliphatic heterocycles. The summed E-state index contributed by atoms with van der Waals surface area (Å²) in [6, 6.07) is 9.85. The number of carbonyl (C=O) groups is 1. The lowest BCUT2D eigenvalue weighted by Gasteiger charge is -2.15. The lowest BCUT2D eigenvalue weighted by atomic mass is 10.1. The molecule has 1 aliphatic rings. The number of hydrogen-bond donors (Lipinski definition) is 0. The highest BCUT2D eigenvalue weighted by atomic mass is 32.1. The summed E-state index contributed by atoms with van der Waals surface area (Å²) in [5.41, 5.74) is 0.551. The zero-order valence-electron chi connectivity index (χ0n) is 12.0. The number of hydrogen-bond acceptors (Lipinski definition) is 5. The van der Waals surface area contributed by atoms with Gasteiger partial charge in [0.25, 0.3) is 0 Å². The van der Waals surface area contributed by atoms with Crippen LogP contribution in [-0.4, -0.2) is 22.6 Å². The number of rotatable bonds is 3. The minimum atomic E-state index is -0.364. The molecule has 0 bridgehead atoms. The molecule has 3 aromatic rings. The van der Waals surface area contributed by atoms with Crippen molar-refractivity contribution in [3.8, 4) is 10.7 Å². The molecule has 4 rings (SSSR count). The third kappa shape index (κ3) is 2.63. The second-order valence-electron chi connectivity index (χ2n) is 5.32. The van der Waals surface area contributed by atoms with E-state index in [9.17, 15) is 9.18 Å². The molecule has 23 heavy (non-hydrogen) atoms. The van der Waals surface area contributed by atoms with Gasteiger partial charge in [-0.15, -0.1) is 11.3 Å². The fourth-order valence-corrected chi connectivity index (χ4v) is 3.32. The van der Waals surface area contributed by atoms with Crippen LogP contribution in [0.2, 0.25) is 0 Å². The summed E-state index contributed by atoms with van der Waals surface area (Å²) in [7, 11) is 0. The van der Waals surface area contributed by atoms with Crippen LogP contribution < -0.4 is 4.90 Å². The van der Waals surface area contributed by atoms with Crippen molar-refractivity contribution >= 4 is 22.9 Å². The largest absolute Gasteiger partial charge is 0.339 e. The van der Waals surface area contributed by atoms with Crippen LogP contribution in [0, 0.1) is 5.82 Å². The van der Waals surface area contributed by atoms with Crippen LogP contribution in [-0.2, 0) is 4.79 Å². The van der Waals surface area contributed by atoms with Gasteiger partial charge in [-0.25, -0.2) is 4.39 Å². The molecule has 1 amide bonds. The lowest BCUT2D eigenvalue weighted by molar-refractivity contribution is -0.117. The van der Waals surface area contributed by atoms with E-state index in [0.29, 0.717) is 23.9 Å². The van der Waals surface area contributed by atoms with Gasteiger partial charge in [0.05, 0.1) is 10.8 Å². The van der Waals surface area contributed by atoms with Crippen molar-refractivity contribution in [3.63, 3.8) is 0 Å². The molecule has 0 saturated carbocycles. The predicted octanol–water partition coefficient (Wildman–Crippen LogP) is 3.46. The van der Waals surface area contributed by atoms with E-state index in [1.165, 1.54) is 23.5 Å². The number of carbonyl (C=O) groups excluding carboxylic acids is 1. The maximum Gasteiger partial charge on any atom is 0.232 e. The zero-order chi connectivity index (χ0) is 15.8. The van der Waals surface area contributed by atoms with Gasteiger partial charge in [0.2, 0.25) is 17.6 Å². The van der Waals surface area contributed by atoms with E-state index >= 15 is 0 Å². The Morgan fingerprint density at radius 2 is 2.22 bits per heavy atom. The Labute approximate surface area is 135 Å². The SMILES string of the molecule is O=C1CC(c2nc(-c3cccs3)no2)CN1c1cccc(F)c1. The standard InChI is InChI=1S/C16H12FN3O2S/c17-11-3-1-4-12(8-11)20-9-10(7-14(20)21)16-18-15(19-22-16)13-5-2-6-23-13/h1-6,8,10H,7,9H2. The Kier molecular flexibility index (Phi) is 3.42. The summed E-state index contributed by atoms with van der Waals surface area (Å²) in [5, 5.41) is 5.92. The summed E-state index contributed by atoms with van der Waals surface area (Å²) in [5.74, 6) is 0.368. The van der Waals surface area contributed by atoms with E-state index in [0.717, 1.165) is 4.88 Å². The first kappa shape index (κ1) is 14.1. The minimum Gasteiger partial charge on any atom is -0.339 e. The second-order valence-corrected chi connectivity index (χ2v) is 6.27. The first-order chi connectivity index (χ1) is 11.2. The van der Waals surface area contributed by atoms with Crippen molar-refractivity contribution in [2.75, 3.05) is 11.4 Å². The van der Waals surface area contributed by atoms with E-state index < -0.39 is 0 Å². The van der Waals surface area contributed by atoms with Crippen molar-refractivity contribution < 1.29 is 13.7 Å². The molecule has 0 N–H and O–H groups in total. The Morgan fingerprint density at radius 3 is 3.00 bits per heavy atom. The molecular weight excluding hydrogens is 317 g/mol. The van der Waals surface area contributed by atoms with Crippen LogP contribution in [0.1, 0.15) is 18.2 Å². The van der Waals surface area contributed by atoms with Gasteiger partial charge < -0.3 is 9.42 Å². The van der Waals surface area contributed by atoms with E-state index in [1.807, 2.05) is 17.5 Å². The van der Waals surface area contributed by atoms with Crippen LogP contribution in [0.15, 0.2) is 46.3 Å². The summed E-state index contributed by atoms with van der Waals surface area (Å²) in [6.07, 6.45) is 0.280. The normalized spacial score (nSPS) is 17.9. The van der Waals surface area contributed by atoms with Crippen molar-refractivity contribution in [3.05, 3.63) is 53.5 Å². The van der Waals surface area contributed by atoms with Crippen molar-refractivity contribution in [2.24, 2.45) is 0 Å². The van der Waals surface area contributed by atoms with Crippen LogP contribution >= 0.6 is 11.3 Å². The third-order valence-corrected chi connectivity index (χ3v) is 4.64. The molecule has 1 aromatic carbocycles. The molecule has 1 saturated heterocycles.